The van der Waals surface area contributed by atoms with Crippen molar-refractivity contribution in [3.63, 3.8) is 0 Å². The highest BCUT2D eigenvalue weighted by Crippen LogP contribution is 2.26. The van der Waals surface area contributed by atoms with E-state index in [0.717, 1.165) is 17.9 Å². The smallest absolute Gasteiger partial charge is 0.179 e. The lowest BCUT2D eigenvalue weighted by molar-refractivity contribution is 0.362. The fourth-order valence-electron chi connectivity index (χ4n) is 3.64. The minimum Gasteiger partial charge on any atom is -0.404 e. The van der Waals surface area contributed by atoms with E-state index in [2.05, 4.69) is 45.8 Å². The van der Waals surface area contributed by atoms with Crippen LogP contribution < -0.4 is 16.0 Å². The van der Waals surface area contributed by atoms with Crippen molar-refractivity contribution in [3.8, 4) is 0 Å². The molecule has 3 unspecified atom stereocenters. The highest BCUT2D eigenvalue weighted by molar-refractivity contribution is 6.29. The number of nitrogens with zero attached hydrogens (tertiary/aromatic N) is 6. The van der Waals surface area contributed by atoms with E-state index in [0.29, 0.717) is 23.2 Å². The number of aliphatic imine (C=N–C) groups is 2. The molecule has 2 aliphatic heterocycles. The van der Waals surface area contributed by atoms with Crippen LogP contribution in [0, 0.1) is 5.41 Å². The van der Waals surface area contributed by atoms with Gasteiger partial charge in [-0.1, -0.05) is 11.6 Å². The highest BCUT2D eigenvalue weighted by Gasteiger charge is 2.33. The number of aromatic nitrogens is 2. The maximum atomic E-state index is 7.68. The lowest BCUT2D eigenvalue weighted by Crippen LogP contribution is -2.61. The molecule has 0 spiro atoms. The van der Waals surface area contributed by atoms with E-state index in [1.165, 1.54) is 12.4 Å². The van der Waals surface area contributed by atoms with Crippen LogP contribution in [-0.4, -0.2) is 65.2 Å². The SMILES string of the molecule is C=N/C=C(/c1nccc(N2CC(C)NC(/C(C=N)=C/N)C2C)n1)N1C=C(Cl)N=CC1. The van der Waals surface area contributed by atoms with Crippen LogP contribution in [0.3, 0.4) is 0 Å². The topological polar surface area (TPSA) is 119 Å². The third-order valence-electron chi connectivity index (χ3n) is 5.07. The normalized spacial score (nSPS) is 25.2. The third-order valence-corrected chi connectivity index (χ3v) is 5.26. The largest absolute Gasteiger partial charge is 0.404 e. The Labute approximate surface area is 181 Å². The first kappa shape index (κ1) is 21.7. The van der Waals surface area contributed by atoms with E-state index >= 15 is 0 Å². The Morgan fingerprint density at radius 3 is 2.93 bits per heavy atom. The second-order valence-corrected chi connectivity index (χ2v) is 7.49. The molecule has 3 rings (SSSR count). The van der Waals surface area contributed by atoms with Gasteiger partial charge >= 0.3 is 0 Å². The lowest BCUT2D eigenvalue weighted by Gasteiger charge is -2.44. The Morgan fingerprint density at radius 2 is 2.27 bits per heavy atom. The van der Waals surface area contributed by atoms with E-state index in [9.17, 15) is 0 Å². The number of hydrogen-bond donors (Lipinski definition) is 3. The van der Waals surface area contributed by atoms with Crippen molar-refractivity contribution in [1.82, 2.24) is 20.2 Å². The summed E-state index contributed by atoms with van der Waals surface area (Å²) in [7, 11) is 0. The second kappa shape index (κ2) is 9.64. The Hall–Kier alpha value is -3.04. The van der Waals surface area contributed by atoms with Gasteiger partial charge in [0.15, 0.2) is 5.82 Å². The summed E-state index contributed by atoms with van der Waals surface area (Å²) in [6, 6.07) is 2.01. The third kappa shape index (κ3) is 4.58. The molecule has 1 fully saturated rings. The summed E-state index contributed by atoms with van der Waals surface area (Å²) in [5.74, 6) is 1.29. The van der Waals surface area contributed by atoms with Gasteiger partial charge in [-0.25, -0.2) is 15.0 Å². The maximum Gasteiger partial charge on any atom is 0.179 e. The molecule has 9 nitrogen and oxygen atoms in total. The van der Waals surface area contributed by atoms with E-state index in [1.807, 2.05) is 11.0 Å². The van der Waals surface area contributed by atoms with Crippen molar-refractivity contribution in [2.45, 2.75) is 32.0 Å². The van der Waals surface area contributed by atoms with Crippen LogP contribution in [0.25, 0.3) is 5.70 Å². The molecule has 3 atom stereocenters. The van der Waals surface area contributed by atoms with Gasteiger partial charge in [-0.15, -0.1) is 0 Å². The van der Waals surface area contributed by atoms with E-state index in [-0.39, 0.29) is 18.1 Å². The Morgan fingerprint density at radius 1 is 1.47 bits per heavy atom. The molecule has 10 heteroatoms. The molecule has 3 heterocycles. The number of piperazine rings is 1. The number of halogens is 1. The molecule has 158 valence electrons. The zero-order valence-electron chi connectivity index (χ0n) is 17.0. The first-order valence-electron chi connectivity index (χ1n) is 9.59. The quantitative estimate of drug-likeness (QED) is 0.471. The maximum absolute atomic E-state index is 7.68. The van der Waals surface area contributed by atoms with Crippen molar-refractivity contribution in [1.29, 1.82) is 5.41 Å². The summed E-state index contributed by atoms with van der Waals surface area (Å²) in [6.07, 6.45) is 9.53. The molecule has 1 aromatic rings. The van der Waals surface area contributed by atoms with Crippen molar-refractivity contribution in [2.24, 2.45) is 15.7 Å². The average Bonchev–Trinajstić information content (AvgIpc) is 2.75. The van der Waals surface area contributed by atoms with Crippen LogP contribution in [-0.2, 0) is 0 Å². The summed E-state index contributed by atoms with van der Waals surface area (Å²) in [5.41, 5.74) is 7.15. The minimum atomic E-state index is -0.0837. The van der Waals surface area contributed by atoms with Gasteiger partial charge in [0.1, 0.15) is 16.7 Å². The average molecular weight is 428 g/mol. The van der Waals surface area contributed by atoms with E-state index < -0.39 is 0 Å². The van der Waals surface area contributed by atoms with Gasteiger partial charge in [0, 0.05) is 55.2 Å². The van der Waals surface area contributed by atoms with Crippen LogP contribution >= 0.6 is 11.6 Å². The number of nitrogens with one attached hydrogen (secondary N) is 2. The monoisotopic (exact) mass is 427 g/mol. The van der Waals surface area contributed by atoms with Crippen LogP contribution in [0.4, 0.5) is 5.82 Å². The number of nitrogens with two attached hydrogens (primary N) is 1. The summed E-state index contributed by atoms with van der Waals surface area (Å²) < 4.78 is 0. The Kier molecular flexibility index (Phi) is 6.96. The molecule has 0 radical (unpaired) electrons. The van der Waals surface area contributed by atoms with Crippen molar-refractivity contribution in [2.75, 3.05) is 18.0 Å². The van der Waals surface area contributed by atoms with Gasteiger partial charge in [0.2, 0.25) is 0 Å². The summed E-state index contributed by atoms with van der Waals surface area (Å²) >= 11 is 6.06. The van der Waals surface area contributed by atoms with Crippen LogP contribution in [0.5, 0.6) is 0 Å². The van der Waals surface area contributed by atoms with Crippen molar-refractivity contribution in [3.05, 3.63) is 47.4 Å². The van der Waals surface area contributed by atoms with Gasteiger partial charge in [-0.3, -0.25) is 4.99 Å². The molecule has 0 amide bonds. The van der Waals surface area contributed by atoms with Crippen molar-refractivity contribution < 1.29 is 0 Å². The lowest BCUT2D eigenvalue weighted by atomic mass is 9.96. The first-order chi connectivity index (χ1) is 14.5. The van der Waals surface area contributed by atoms with Gasteiger partial charge in [0.05, 0.1) is 18.8 Å². The molecule has 0 aromatic carbocycles. The molecule has 1 saturated heterocycles. The second-order valence-electron chi connectivity index (χ2n) is 7.10. The summed E-state index contributed by atoms with van der Waals surface area (Å²) in [4.78, 5) is 21.3. The first-order valence-corrected chi connectivity index (χ1v) is 9.97. The molecule has 1 aromatic heterocycles. The summed E-state index contributed by atoms with van der Waals surface area (Å²) in [5, 5.41) is 11.6. The predicted octanol–water partition coefficient (Wildman–Crippen LogP) is 1.95. The zero-order valence-corrected chi connectivity index (χ0v) is 17.8. The predicted molar refractivity (Wildman–Crippen MR) is 123 cm³/mol. The van der Waals surface area contributed by atoms with Gasteiger partial charge < -0.3 is 26.3 Å². The van der Waals surface area contributed by atoms with Gasteiger partial charge in [-0.2, -0.15) is 0 Å². The molecule has 0 saturated carbocycles. The molecule has 30 heavy (non-hydrogen) atoms. The standard InChI is InChI=1S/C20H26ClN9/c1-13-11-30(14(2)19(27-13)15(8-22)9-23)18-4-5-26-20(28-18)16(10-24-3)29-7-6-25-17(21)12-29/h4-6,8-10,12-14,19,22,27H,3,7,11,23H2,1-2H3/b15-9+,16-10-,22-8?. The molecule has 4 N–H and O–H groups in total. The molecular weight excluding hydrogens is 402 g/mol. The van der Waals surface area contributed by atoms with Gasteiger partial charge in [-0.05, 0) is 26.6 Å². The zero-order chi connectivity index (χ0) is 21.7. The number of anilines is 1. The Bertz CT molecular complexity index is 921. The summed E-state index contributed by atoms with van der Waals surface area (Å²) in [6.45, 7) is 9.03. The minimum absolute atomic E-state index is 0.0294. The van der Waals surface area contributed by atoms with E-state index in [1.54, 1.807) is 24.8 Å². The molecule has 0 bridgehead atoms. The highest BCUT2D eigenvalue weighted by atomic mass is 35.5. The van der Waals surface area contributed by atoms with Crippen LogP contribution in [0.15, 0.2) is 51.6 Å². The fraction of sp³-hybridized carbons (Fsp3) is 0.350. The van der Waals surface area contributed by atoms with E-state index in [4.69, 9.17) is 27.7 Å². The fourth-order valence-corrected chi connectivity index (χ4v) is 3.82. The Balaban J connectivity index is 1.95. The van der Waals surface area contributed by atoms with Crippen molar-refractivity contribution >= 4 is 42.3 Å². The molecule has 2 aliphatic rings. The molecule has 0 aliphatic carbocycles. The molecular formula is C20H26ClN9. The van der Waals surface area contributed by atoms with Gasteiger partial charge in [0.25, 0.3) is 0 Å². The van der Waals surface area contributed by atoms with Crippen LogP contribution in [0.2, 0.25) is 0 Å². The number of hydrogen-bond acceptors (Lipinski definition) is 9. The van der Waals surface area contributed by atoms with Crippen LogP contribution in [0.1, 0.15) is 19.7 Å². The number of rotatable bonds is 6.